The lowest BCUT2D eigenvalue weighted by Gasteiger charge is -2.11. The third kappa shape index (κ3) is 4.04. The van der Waals surface area contributed by atoms with Crippen LogP contribution in [0.25, 0.3) is 5.69 Å². The average molecular weight is 371 g/mol. The van der Waals surface area contributed by atoms with E-state index in [0.29, 0.717) is 24.0 Å². The SMILES string of the molecule is O=C(O)c1ccccc1-n1nc(C2CCCC2)nc1COC[C@@H]1CCCO1. The molecule has 144 valence electrons. The molecule has 1 saturated heterocycles. The topological polar surface area (TPSA) is 86.5 Å². The molecule has 1 aliphatic carbocycles. The minimum atomic E-state index is -0.977. The molecular weight excluding hydrogens is 346 g/mol. The summed E-state index contributed by atoms with van der Waals surface area (Å²) in [7, 11) is 0. The van der Waals surface area contributed by atoms with E-state index in [4.69, 9.17) is 14.5 Å². The molecule has 27 heavy (non-hydrogen) atoms. The zero-order chi connectivity index (χ0) is 18.6. The zero-order valence-corrected chi connectivity index (χ0v) is 15.3. The van der Waals surface area contributed by atoms with E-state index in [1.807, 2.05) is 6.07 Å². The molecular formula is C20H25N3O4. The fraction of sp³-hybridized carbons (Fsp3) is 0.550. The maximum absolute atomic E-state index is 11.6. The summed E-state index contributed by atoms with van der Waals surface area (Å²) in [4.78, 5) is 16.4. The quantitative estimate of drug-likeness (QED) is 0.803. The number of hydrogen-bond donors (Lipinski definition) is 1. The van der Waals surface area contributed by atoms with E-state index in [-0.39, 0.29) is 18.3 Å². The van der Waals surface area contributed by atoms with Crippen LogP contribution in [-0.2, 0) is 16.1 Å². The van der Waals surface area contributed by atoms with Crippen molar-refractivity contribution >= 4 is 5.97 Å². The number of carbonyl (C=O) groups is 1. The Morgan fingerprint density at radius 2 is 2.04 bits per heavy atom. The Labute approximate surface area is 158 Å². The average Bonchev–Trinajstić information content (AvgIpc) is 3.43. The highest BCUT2D eigenvalue weighted by Crippen LogP contribution is 2.33. The van der Waals surface area contributed by atoms with Crippen LogP contribution in [0.4, 0.5) is 0 Å². The van der Waals surface area contributed by atoms with E-state index in [2.05, 4.69) is 5.10 Å². The summed E-state index contributed by atoms with van der Waals surface area (Å²) in [6.45, 7) is 1.60. The van der Waals surface area contributed by atoms with E-state index in [9.17, 15) is 9.90 Å². The molecule has 2 aromatic rings. The summed E-state index contributed by atoms with van der Waals surface area (Å²) < 4.78 is 13.1. The Balaban J connectivity index is 1.60. The molecule has 4 rings (SSSR count). The number of aromatic nitrogens is 3. The second-order valence-electron chi connectivity index (χ2n) is 7.25. The number of hydrogen-bond acceptors (Lipinski definition) is 5. The van der Waals surface area contributed by atoms with Crippen LogP contribution in [0.2, 0.25) is 0 Å². The van der Waals surface area contributed by atoms with Gasteiger partial charge in [-0.05, 0) is 37.8 Å². The van der Waals surface area contributed by atoms with Crippen LogP contribution < -0.4 is 0 Å². The third-order valence-corrected chi connectivity index (χ3v) is 5.33. The van der Waals surface area contributed by atoms with Crippen LogP contribution in [0, 0.1) is 0 Å². The van der Waals surface area contributed by atoms with E-state index in [0.717, 1.165) is 38.1 Å². The number of ether oxygens (including phenoxy) is 2. The van der Waals surface area contributed by atoms with Crippen molar-refractivity contribution in [3.8, 4) is 5.69 Å². The molecule has 7 heteroatoms. The van der Waals surface area contributed by atoms with Crippen molar-refractivity contribution in [2.45, 2.75) is 57.2 Å². The number of para-hydroxylation sites is 1. The molecule has 1 aromatic heterocycles. The zero-order valence-electron chi connectivity index (χ0n) is 15.3. The van der Waals surface area contributed by atoms with Gasteiger partial charge in [0.1, 0.15) is 6.61 Å². The van der Waals surface area contributed by atoms with Crippen molar-refractivity contribution in [1.82, 2.24) is 14.8 Å². The maximum atomic E-state index is 11.6. The van der Waals surface area contributed by atoms with Crippen molar-refractivity contribution in [1.29, 1.82) is 0 Å². The van der Waals surface area contributed by atoms with Crippen LogP contribution in [0.5, 0.6) is 0 Å². The van der Waals surface area contributed by atoms with Gasteiger partial charge in [0.25, 0.3) is 0 Å². The minimum absolute atomic E-state index is 0.141. The molecule has 0 bridgehead atoms. The van der Waals surface area contributed by atoms with Gasteiger partial charge in [0.2, 0.25) is 0 Å². The van der Waals surface area contributed by atoms with Crippen molar-refractivity contribution in [2.24, 2.45) is 0 Å². The van der Waals surface area contributed by atoms with Gasteiger partial charge in [-0.3, -0.25) is 0 Å². The van der Waals surface area contributed by atoms with E-state index < -0.39 is 5.97 Å². The Hall–Kier alpha value is -2.25. The fourth-order valence-electron chi connectivity index (χ4n) is 3.90. The van der Waals surface area contributed by atoms with Gasteiger partial charge in [-0.15, -0.1) is 0 Å². The Morgan fingerprint density at radius 3 is 2.78 bits per heavy atom. The maximum Gasteiger partial charge on any atom is 0.337 e. The minimum Gasteiger partial charge on any atom is -0.478 e. The Morgan fingerprint density at radius 1 is 1.22 bits per heavy atom. The number of rotatable bonds is 7. The lowest BCUT2D eigenvalue weighted by atomic mass is 10.1. The van der Waals surface area contributed by atoms with Gasteiger partial charge in [0.15, 0.2) is 11.6 Å². The summed E-state index contributed by atoms with van der Waals surface area (Å²) in [5, 5.41) is 14.2. The van der Waals surface area contributed by atoms with Crippen molar-refractivity contribution in [3.63, 3.8) is 0 Å². The number of aromatic carboxylic acids is 1. The molecule has 7 nitrogen and oxygen atoms in total. The lowest BCUT2D eigenvalue weighted by molar-refractivity contribution is 0.00815. The van der Waals surface area contributed by atoms with Crippen LogP contribution in [0.3, 0.4) is 0 Å². The van der Waals surface area contributed by atoms with Crippen LogP contribution in [0.15, 0.2) is 24.3 Å². The molecule has 2 heterocycles. The van der Waals surface area contributed by atoms with E-state index in [1.54, 1.807) is 22.9 Å². The molecule has 0 radical (unpaired) electrons. The third-order valence-electron chi connectivity index (χ3n) is 5.33. The number of carboxylic acids is 1. The second-order valence-corrected chi connectivity index (χ2v) is 7.25. The predicted molar refractivity (Wildman–Crippen MR) is 98.2 cm³/mol. The highest BCUT2D eigenvalue weighted by Gasteiger charge is 2.25. The summed E-state index contributed by atoms with van der Waals surface area (Å²) in [6, 6.07) is 6.89. The highest BCUT2D eigenvalue weighted by molar-refractivity contribution is 5.91. The summed E-state index contributed by atoms with van der Waals surface area (Å²) in [5.74, 6) is 0.807. The van der Waals surface area contributed by atoms with Crippen molar-refractivity contribution < 1.29 is 19.4 Å². The molecule has 1 aromatic carbocycles. The van der Waals surface area contributed by atoms with Gasteiger partial charge in [0, 0.05) is 12.5 Å². The monoisotopic (exact) mass is 371 g/mol. The van der Waals surface area contributed by atoms with Crippen molar-refractivity contribution in [3.05, 3.63) is 41.5 Å². The summed E-state index contributed by atoms with van der Waals surface area (Å²) in [5.41, 5.74) is 0.734. The van der Waals surface area contributed by atoms with Gasteiger partial charge < -0.3 is 14.6 Å². The van der Waals surface area contributed by atoms with Gasteiger partial charge in [-0.25, -0.2) is 14.5 Å². The number of benzene rings is 1. The van der Waals surface area contributed by atoms with Gasteiger partial charge in [-0.1, -0.05) is 25.0 Å². The molecule has 1 saturated carbocycles. The first-order valence-electron chi connectivity index (χ1n) is 9.70. The molecule has 0 unspecified atom stereocenters. The molecule has 1 atom stereocenters. The van der Waals surface area contributed by atoms with Crippen molar-refractivity contribution in [2.75, 3.05) is 13.2 Å². The van der Waals surface area contributed by atoms with E-state index in [1.165, 1.54) is 12.8 Å². The largest absolute Gasteiger partial charge is 0.478 e. The predicted octanol–water partition coefficient (Wildman–Crippen LogP) is 3.32. The van der Waals surface area contributed by atoms with Crippen LogP contribution >= 0.6 is 0 Å². The van der Waals surface area contributed by atoms with Gasteiger partial charge >= 0.3 is 5.97 Å². The molecule has 2 aliphatic rings. The van der Waals surface area contributed by atoms with E-state index >= 15 is 0 Å². The standard InChI is InChI=1S/C20H25N3O4/c24-20(25)16-9-3-4-10-17(16)23-18(13-26-12-15-8-5-11-27-15)21-19(22-23)14-6-1-2-7-14/h3-4,9-10,14-15H,1-2,5-8,11-13H2,(H,24,25)/t15-/m0/s1. The molecule has 0 spiro atoms. The smallest absolute Gasteiger partial charge is 0.337 e. The van der Waals surface area contributed by atoms with Gasteiger partial charge in [-0.2, -0.15) is 5.10 Å². The van der Waals surface area contributed by atoms with Gasteiger partial charge in [0.05, 0.1) is 24.0 Å². The Bertz CT molecular complexity index is 792. The Kier molecular flexibility index (Phi) is 5.50. The normalized spacial score (nSPS) is 20.4. The lowest BCUT2D eigenvalue weighted by Crippen LogP contribution is -2.16. The first kappa shape index (κ1) is 18.1. The molecule has 0 amide bonds. The van der Waals surface area contributed by atoms with Crippen LogP contribution in [0.1, 0.15) is 66.4 Å². The summed E-state index contributed by atoms with van der Waals surface area (Å²) in [6.07, 6.45) is 6.78. The second kappa shape index (κ2) is 8.19. The molecule has 1 aliphatic heterocycles. The fourth-order valence-corrected chi connectivity index (χ4v) is 3.90. The number of carboxylic acid groups (broad SMARTS) is 1. The first-order chi connectivity index (χ1) is 13.2. The summed E-state index contributed by atoms with van der Waals surface area (Å²) >= 11 is 0. The van der Waals surface area contributed by atoms with Crippen LogP contribution in [-0.4, -0.2) is 45.2 Å². The molecule has 2 fully saturated rings. The molecule has 1 N–H and O–H groups in total. The first-order valence-corrected chi connectivity index (χ1v) is 9.70. The number of nitrogens with zero attached hydrogens (tertiary/aromatic N) is 3. The highest BCUT2D eigenvalue weighted by atomic mass is 16.5.